The van der Waals surface area contributed by atoms with Crippen LogP contribution < -0.4 is 10.9 Å². The van der Waals surface area contributed by atoms with Crippen LogP contribution in [0.4, 0.5) is 5.69 Å². The van der Waals surface area contributed by atoms with Crippen LogP contribution >= 0.6 is 0 Å². The van der Waals surface area contributed by atoms with Gasteiger partial charge in [-0.1, -0.05) is 95.8 Å². The lowest BCUT2D eigenvalue weighted by Gasteiger charge is -2.13. The number of carbonyl (C=O) groups is 1. The number of unbranched alkanes of at least 4 members (excludes halogenated alkanes) is 11. The number of hydrazine groups is 1. The summed E-state index contributed by atoms with van der Waals surface area (Å²) in [7, 11) is 0. The molecule has 3 heteroatoms. The van der Waals surface area contributed by atoms with E-state index in [0.717, 1.165) is 29.7 Å². The second-order valence-corrected chi connectivity index (χ2v) is 7.58. The van der Waals surface area contributed by atoms with Crippen LogP contribution in [-0.4, -0.2) is 5.91 Å². The van der Waals surface area contributed by atoms with Gasteiger partial charge in [0.2, 0.25) is 5.91 Å². The SMILES string of the molecule is CCCCCCCCCCCCCCC(=O)NNc1c(C)cccc1C. The Kier molecular flexibility index (Phi) is 12.7. The molecule has 0 radical (unpaired) electrons. The minimum Gasteiger partial charge on any atom is -0.298 e. The number of aryl methyl sites for hydroxylation is 2. The van der Waals surface area contributed by atoms with E-state index in [1.807, 2.05) is 32.0 Å². The van der Waals surface area contributed by atoms with Crippen LogP contribution in [0.1, 0.15) is 102 Å². The number of hydrogen-bond donors (Lipinski definition) is 2. The van der Waals surface area contributed by atoms with Gasteiger partial charge in [-0.3, -0.25) is 15.6 Å². The molecule has 1 rings (SSSR count). The summed E-state index contributed by atoms with van der Waals surface area (Å²) in [6.07, 6.45) is 16.4. The number of amides is 1. The molecule has 1 aromatic rings. The Hall–Kier alpha value is -1.51. The summed E-state index contributed by atoms with van der Waals surface area (Å²) in [6, 6.07) is 6.13. The molecule has 3 nitrogen and oxygen atoms in total. The van der Waals surface area contributed by atoms with Crippen LogP contribution in [0.3, 0.4) is 0 Å². The molecule has 1 aromatic carbocycles. The lowest BCUT2D eigenvalue weighted by Crippen LogP contribution is -2.29. The first-order chi connectivity index (χ1) is 12.6. The van der Waals surface area contributed by atoms with Gasteiger partial charge in [0.15, 0.2) is 0 Å². The molecule has 0 aromatic heterocycles. The Bertz CT molecular complexity index is 479. The largest absolute Gasteiger partial charge is 0.298 e. The van der Waals surface area contributed by atoms with Gasteiger partial charge in [0.05, 0.1) is 5.69 Å². The van der Waals surface area contributed by atoms with Crippen molar-refractivity contribution in [1.82, 2.24) is 5.43 Å². The summed E-state index contributed by atoms with van der Waals surface area (Å²) >= 11 is 0. The fourth-order valence-corrected chi connectivity index (χ4v) is 3.33. The average Bonchev–Trinajstić information content (AvgIpc) is 2.62. The van der Waals surface area contributed by atoms with Crippen molar-refractivity contribution in [3.63, 3.8) is 0 Å². The number of para-hydroxylation sites is 1. The summed E-state index contributed by atoms with van der Waals surface area (Å²) in [5.74, 6) is 0.0831. The minimum atomic E-state index is 0.0831. The lowest BCUT2D eigenvalue weighted by molar-refractivity contribution is -0.120. The molecule has 0 atom stereocenters. The second kappa shape index (κ2) is 14.6. The van der Waals surface area contributed by atoms with Gasteiger partial charge in [-0.05, 0) is 31.4 Å². The van der Waals surface area contributed by atoms with Crippen molar-refractivity contribution in [3.8, 4) is 0 Å². The topological polar surface area (TPSA) is 41.1 Å². The number of nitrogens with one attached hydrogen (secondary N) is 2. The van der Waals surface area contributed by atoms with Gasteiger partial charge in [-0.2, -0.15) is 0 Å². The molecule has 0 aliphatic carbocycles. The Morgan fingerprint density at radius 2 is 1.23 bits per heavy atom. The van der Waals surface area contributed by atoms with Crippen molar-refractivity contribution in [1.29, 1.82) is 0 Å². The molecule has 2 N–H and O–H groups in total. The van der Waals surface area contributed by atoms with E-state index in [9.17, 15) is 4.79 Å². The molecule has 0 aliphatic rings. The maximum Gasteiger partial charge on any atom is 0.238 e. The van der Waals surface area contributed by atoms with E-state index in [1.54, 1.807) is 0 Å². The van der Waals surface area contributed by atoms with Crippen LogP contribution in [0.25, 0.3) is 0 Å². The fourth-order valence-electron chi connectivity index (χ4n) is 3.33. The standard InChI is InChI=1S/C23H40N2O/c1-4-5-6-7-8-9-10-11-12-13-14-15-19-22(26)24-25-23-20(2)17-16-18-21(23)3/h16-18,25H,4-15,19H2,1-3H3,(H,24,26). The number of rotatable bonds is 15. The fraction of sp³-hybridized carbons (Fsp3) is 0.696. The van der Waals surface area contributed by atoms with E-state index >= 15 is 0 Å². The van der Waals surface area contributed by atoms with E-state index in [0.29, 0.717) is 6.42 Å². The van der Waals surface area contributed by atoms with E-state index < -0.39 is 0 Å². The monoisotopic (exact) mass is 360 g/mol. The predicted octanol–water partition coefficient (Wildman–Crippen LogP) is 6.84. The quantitative estimate of drug-likeness (QED) is 0.265. The van der Waals surface area contributed by atoms with Crippen molar-refractivity contribution in [2.24, 2.45) is 0 Å². The van der Waals surface area contributed by atoms with Gasteiger partial charge in [0.25, 0.3) is 0 Å². The molecule has 0 fully saturated rings. The summed E-state index contributed by atoms with van der Waals surface area (Å²) in [5, 5.41) is 0. The van der Waals surface area contributed by atoms with Crippen LogP contribution in [0.5, 0.6) is 0 Å². The highest BCUT2D eigenvalue weighted by Crippen LogP contribution is 2.18. The van der Waals surface area contributed by atoms with Gasteiger partial charge >= 0.3 is 0 Å². The molecule has 0 heterocycles. The third kappa shape index (κ3) is 10.5. The van der Waals surface area contributed by atoms with E-state index in [-0.39, 0.29) is 5.91 Å². The molecular formula is C23H40N2O. The molecule has 0 saturated heterocycles. The smallest absolute Gasteiger partial charge is 0.238 e. The normalized spacial score (nSPS) is 10.7. The Morgan fingerprint density at radius 1 is 0.769 bits per heavy atom. The first kappa shape index (κ1) is 22.5. The zero-order valence-corrected chi connectivity index (χ0v) is 17.3. The highest BCUT2D eigenvalue weighted by atomic mass is 16.2. The molecule has 0 unspecified atom stereocenters. The minimum absolute atomic E-state index is 0.0831. The first-order valence-electron chi connectivity index (χ1n) is 10.8. The van der Waals surface area contributed by atoms with Gasteiger partial charge in [0.1, 0.15) is 0 Å². The third-order valence-electron chi connectivity index (χ3n) is 5.07. The molecule has 0 saturated carbocycles. The second-order valence-electron chi connectivity index (χ2n) is 7.58. The van der Waals surface area contributed by atoms with Crippen molar-refractivity contribution in [3.05, 3.63) is 29.3 Å². The molecule has 1 amide bonds. The summed E-state index contributed by atoms with van der Waals surface area (Å²) in [6.45, 7) is 6.37. The zero-order chi connectivity index (χ0) is 19.0. The van der Waals surface area contributed by atoms with Gasteiger partial charge in [0, 0.05) is 6.42 Å². The molecule has 0 bridgehead atoms. The maximum absolute atomic E-state index is 11.9. The van der Waals surface area contributed by atoms with Gasteiger partial charge in [-0.15, -0.1) is 0 Å². The van der Waals surface area contributed by atoms with Gasteiger partial charge in [-0.25, -0.2) is 0 Å². The zero-order valence-electron chi connectivity index (χ0n) is 17.3. The summed E-state index contributed by atoms with van der Waals surface area (Å²) < 4.78 is 0. The Labute approximate surface area is 161 Å². The van der Waals surface area contributed by atoms with Crippen molar-refractivity contribution in [2.45, 2.75) is 104 Å². The van der Waals surface area contributed by atoms with Crippen LogP contribution in [0, 0.1) is 13.8 Å². The molecule has 0 spiro atoms. The predicted molar refractivity (Wildman–Crippen MR) is 113 cm³/mol. The third-order valence-corrected chi connectivity index (χ3v) is 5.07. The van der Waals surface area contributed by atoms with Crippen LogP contribution in [-0.2, 0) is 4.79 Å². The molecular weight excluding hydrogens is 320 g/mol. The van der Waals surface area contributed by atoms with E-state index in [1.165, 1.54) is 64.2 Å². The van der Waals surface area contributed by atoms with Crippen molar-refractivity contribution < 1.29 is 4.79 Å². The number of benzene rings is 1. The molecule has 148 valence electrons. The van der Waals surface area contributed by atoms with Crippen LogP contribution in [0.2, 0.25) is 0 Å². The Morgan fingerprint density at radius 3 is 1.73 bits per heavy atom. The van der Waals surface area contributed by atoms with Crippen molar-refractivity contribution >= 4 is 11.6 Å². The van der Waals surface area contributed by atoms with Crippen LogP contribution in [0.15, 0.2) is 18.2 Å². The highest BCUT2D eigenvalue weighted by Gasteiger charge is 2.04. The van der Waals surface area contributed by atoms with Gasteiger partial charge < -0.3 is 0 Å². The summed E-state index contributed by atoms with van der Waals surface area (Å²) in [4.78, 5) is 11.9. The molecule has 26 heavy (non-hydrogen) atoms. The van der Waals surface area contributed by atoms with Crippen molar-refractivity contribution in [2.75, 3.05) is 5.43 Å². The summed E-state index contributed by atoms with van der Waals surface area (Å²) in [5.41, 5.74) is 9.21. The van der Waals surface area contributed by atoms with E-state index in [4.69, 9.17) is 0 Å². The average molecular weight is 361 g/mol. The lowest BCUT2D eigenvalue weighted by atomic mass is 10.0. The van der Waals surface area contributed by atoms with E-state index in [2.05, 4.69) is 17.8 Å². The number of hydrogen-bond acceptors (Lipinski definition) is 2. The maximum atomic E-state index is 11.9. The Balaban J connectivity index is 1.94. The first-order valence-corrected chi connectivity index (χ1v) is 10.8. The number of carbonyl (C=O) groups excluding carboxylic acids is 1. The highest BCUT2D eigenvalue weighted by molar-refractivity contribution is 5.77. The molecule has 0 aliphatic heterocycles. The number of anilines is 1.